The fourth-order valence-corrected chi connectivity index (χ4v) is 6.31. The molecule has 46 heavy (non-hydrogen) atoms. The number of H-pyrrole nitrogens is 1. The van der Waals surface area contributed by atoms with Crippen LogP contribution in [-0.4, -0.2) is 92.7 Å². The number of para-hydroxylation sites is 1. The molecule has 0 bridgehead atoms. The summed E-state index contributed by atoms with van der Waals surface area (Å²) in [6, 6.07) is 11.6. The van der Waals surface area contributed by atoms with E-state index in [9.17, 15) is 33.9 Å². The van der Waals surface area contributed by atoms with Crippen molar-refractivity contribution in [2.45, 2.75) is 62.0 Å². The topological polar surface area (TPSA) is 204 Å². The Bertz CT molecular complexity index is 1600. The van der Waals surface area contributed by atoms with Crippen molar-refractivity contribution in [2.24, 2.45) is 5.73 Å². The lowest BCUT2D eigenvalue weighted by Gasteiger charge is -2.29. The van der Waals surface area contributed by atoms with Crippen LogP contribution in [0.1, 0.15) is 30.9 Å². The third-order valence-electron chi connectivity index (χ3n) is 7.91. The van der Waals surface area contributed by atoms with E-state index in [-0.39, 0.29) is 31.1 Å². The fourth-order valence-electron chi connectivity index (χ4n) is 5.62. The second kappa shape index (κ2) is 15.4. The van der Waals surface area contributed by atoms with Crippen molar-refractivity contribution in [2.75, 3.05) is 12.8 Å². The molecule has 14 heteroatoms. The first-order chi connectivity index (χ1) is 22.0. The zero-order chi connectivity index (χ0) is 33.4. The van der Waals surface area contributed by atoms with Crippen LogP contribution >= 0.6 is 11.8 Å². The summed E-state index contributed by atoms with van der Waals surface area (Å²) in [6.45, 7) is 1.51. The lowest BCUT2D eigenvalue weighted by molar-refractivity contribution is -0.144. The summed E-state index contributed by atoms with van der Waals surface area (Å²) in [7, 11) is 0. The highest BCUT2D eigenvalue weighted by Gasteiger charge is 2.43. The smallest absolute Gasteiger partial charge is 0.305 e. The largest absolute Gasteiger partial charge is 0.481 e. The molecule has 2 aromatic carbocycles. The molecule has 0 radical (unpaired) electrons. The van der Waals surface area contributed by atoms with E-state index in [1.807, 2.05) is 30.5 Å². The predicted octanol–water partition coefficient (Wildman–Crippen LogP) is 0.720. The summed E-state index contributed by atoms with van der Waals surface area (Å²) < 4.78 is 0. The maximum absolute atomic E-state index is 14.0. The minimum absolute atomic E-state index is 0.0664. The number of carboxylic acids is 1. The number of benzene rings is 2. The Labute approximate surface area is 270 Å². The van der Waals surface area contributed by atoms with Crippen LogP contribution in [0.15, 0.2) is 60.8 Å². The zero-order valence-electron chi connectivity index (χ0n) is 25.5. The van der Waals surface area contributed by atoms with Gasteiger partial charge in [-0.1, -0.05) is 48.5 Å². The molecule has 1 saturated heterocycles. The van der Waals surface area contributed by atoms with Crippen LogP contribution in [0.3, 0.4) is 0 Å². The van der Waals surface area contributed by atoms with Crippen molar-refractivity contribution in [1.82, 2.24) is 25.8 Å². The molecule has 3 aromatic rings. The number of carbonyl (C=O) groups excluding carboxylic acids is 5. The monoisotopic (exact) mass is 650 g/mol. The molecule has 0 saturated carbocycles. The number of aromatic amines is 1. The van der Waals surface area contributed by atoms with Gasteiger partial charge in [-0.05, 0) is 29.9 Å². The number of nitrogens with two attached hydrogens (primary N) is 1. The highest BCUT2D eigenvalue weighted by atomic mass is 32.2. The number of aromatic nitrogens is 1. The second-order valence-electron chi connectivity index (χ2n) is 11.2. The van der Waals surface area contributed by atoms with Crippen molar-refractivity contribution in [1.29, 1.82) is 0 Å². The quantitative estimate of drug-likeness (QED) is 0.146. The normalized spacial score (nSPS) is 17.9. The number of hydrogen-bond acceptors (Lipinski definition) is 7. The first-order valence-corrected chi connectivity index (χ1v) is 16.1. The summed E-state index contributed by atoms with van der Waals surface area (Å²) in [5, 5.41) is 18.0. The molecule has 1 aliphatic heterocycles. The molecule has 5 atom stereocenters. The average molecular weight is 651 g/mol. The van der Waals surface area contributed by atoms with Crippen molar-refractivity contribution in [3.05, 3.63) is 71.9 Å². The van der Waals surface area contributed by atoms with Gasteiger partial charge >= 0.3 is 5.97 Å². The van der Waals surface area contributed by atoms with E-state index >= 15 is 0 Å². The minimum atomic E-state index is -1.55. The SMILES string of the molecule is CS[C@H]1C[C@H](C(=O)N[C@@H](CC(=O)O)C(=O)N[C@@H](Cc2ccccc2)C(N)=O)N(C(=O)[C@H](Cc2c[nH]c3ccccc23)NC(C)=O)C1. The van der Waals surface area contributed by atoms with Gasteiger partial charge in [0.05, 0.1) is 6.42 Å². The molecule has 0 unspecified atom stereocenters. The number of carbonyl (C=O) groups is 6. The molecule has 0 spiro atoms. The first-order valence-electron chi connectivity index (χ1n) is 14.8. The highest BCUT2D eigenvalue weighted by Crippen LogP contribution is 2.28. The molecular weight excluding hydrogens is 612 g/mol. The summed E-state index contributed by atoms with van der Waals surface area (Å²) >= 11 is 1.46. The van der Waals surface area contributed by atoms with Crippen LogP contribution in [-0.2, 0) is 41.6 Å². The summed E-state index contributed by atoms with van der Waals surface area (Å²) in [4.78, 5) is 81.5. The molecule has 2 heterocycles. The third kappa shape index (κ3) is 8.65. The van der Waals surface area contributed by atoms with E-state index in [4.69, 9.17) is 5.73 Å². The minimum Gasteiger partial charge on any atom is -0.481 e. The molecule has 1 aliphatic rings. The Hall–Kier alpha value is -4.85. The Morgan fingerprint density at radius 1 is 0.957 bits per heavy atom. The lowest BCUT2D eigenvalue weighted by Crippen LogP contribution is -2.58. The third-order valence-corrected chi connectivity index (χ3v) is 8.92. The van der Waals surface area contributed by atoms with Crippen LogP contribution in [0.5, 0.6) is 0 Å². The molecule has 1 fully saturated rings. The lowest BCUT2D eigenvalue weighted by atomic mass is 10.0. The number of likely N-dealkylation sites (tertiary alicyclic amines) is 1. The van der Waals surface area contributed by atoms with Gasteiger partial charge in [0.2, 0.25) is 29.5 Å². The number of hydrogen-bond donors (Lipinski definition) is 6. The second-order valence-corrected chi connectivity index (χ2v) is 12.4. The Kier molecular flexibility index (Phi) is 11.4. The first kappa shape index (κ1) is 34.0. The Morgan fingerprint density at radius 2 is 1.65 bits per heavy atom. The average Bonchev–Trinajstić information content (AvgIpc) is 3.64. The molecule has 244 valence electrons. The summed E-state index contributed by atoms with van der Waals surface area (Å²) in [5.41, 5.74) is 7.92. The molecule has 1 aromatic heterocycles. The standard InChI is InChI=1S/C32H38N6O7S/c1-18(39)35-26(13-20-16-34-23-11-7-6-10-22(20)23)32(45)38-17-21(46-2)14-27(38)31(44)37-25(15-28(40)41)30(43)36-24(29(33)42)12-19-8-4-3-5-9-19/h3-11,16,21,24-27,34H,12-15,17H2,1-2H3,(H2,33,42)(H,35,39)(H,36,43)(H,37,44)(H,40,41)/t21-,24-,25-,26-,27+/m0/s1. The maximum Gasteiger partial charge on any atom is 0.305 e. The van der Waals surface area contributed by atoms with Gasteiger partial charge < -0.3 is 36.7 Å². The van der Waals surface area contributed by atoms with Gasteiger partial charge in [-0.15, -0.1) is 0 Å². The van der Waals surface area contributed by atoms with Crippen molar-refractivity contribution in [3.63, 3.8) is 0 Å². The van der Waals surface area contributed by atoms with Crippen LogP contribution in [0.25, 0.3) is 10.9 Å². The number of nitrogens with one attached hydrogen (secondary N) is 4. The number of primary amides is 1. The number of nitrogens with zero attached hydrogens (tertiary/aromatic N) is 1. The molecule has 0 aliphatic carbocycles. The number of thioether (sulfide) groups is 1. The van der Waals surface area contributed by atoms with Crippen LogP contribution in [0, 0.1) is 0 Å². The fraction of sp³-hybridized carbons (Fsp3) is 0.375. The summed E-state index contributed by atoms with van der Waals surface area (Å²) in [5.74, 6) is -4.70. The number of carboxylic acid groups (broad SMARTS) is 1. The van der Waals surface area contributed by atoms with Crippen LogP contribution in [0.2, 0.25) is 0 Å². The van der Waals surface area contributed by atoms with Gasteiger partial charge in [0.1, 0.15) is 24.2 Å². The van der Waals surface area contributed by atoms with Gasteiger partial charge in [0.15, 0.2) is 0 Å². The van der Waals surface area contributed by atoms with E-state index in [1.54, 1.807) is 36.5 Å². The van der Waals surface area contributed by atoms with E-state index in [0.29, 0.717) is 0 Å². The van der Waals surface area contributed by atoms with Gasteiger partial charge in [-0.3, -0.25) is 28.8 Å². The van der Waals surface area contributed by atoms with Gasteiger partial charge in [-0.25, -0.2) is 0 Å². The van der Waals surface area contributed by atoms with Crippen LogP contribution in [0.4, 0.5) is 0 Å². The van der Waals surface area contributed by atoms with E-state index < -0.39 is 66.1 Å². The van der Waals surface area contributed by atoms with Crippen LogP contribution < -0.4 is 21.7 Å². The van der Waals surface area contributed by atoms with Gasteiger partial charge in [0, 0.05) is 48.7 Å². The molecule has 7 N–H and O–H groups in total. The maximum atomic E-state index is 14.0. The Morgan fingerprint density at radius 3 is 2.30 bits per heavy atom. The van der Waals surface area contributed by atoms with Gasteiger partial charge in [-0.2, -0.15) is 11.8 Å². The number of rotatable bonds is 14. The number of fused-ring (bicyclic) bond motifs is 1. The molecular formula is C32H38N6O7S. The van der Waals surface area contributed by atoms with Crippen molar-refractivity contribution >= 4 is 58.2 Å². The number of amides is 5. The summed E-state index contributed by atoms with van der Waals surface area (Å²) in [6.07, 6.45) is 3.34. The van der Waals surface area contributed by atoms with Crippen molar-refractivity contribution < 1.29 is 33.9 Å². The van der Waals surface area contributed by atoms with E-state index in [2.05, 4.69) is 20.9 Å². The highest BCUT2D eigenvalue weighted by molar-refractivity contribution is 7.99. The molecule has 4 rings (SSSR count). The van der Waals surface area contributed by atoms with E-state index in [1.165, 1.54) is 23.6 Å². The van der Waals surface area contributed by atoms with Gasteiger partial charge in [0.25, 0.3) is 0 Å². The zero-order valence-corrected chi connectivity index (χ0v) is 26.3. The molecule has 13 nitrogen and oxygen atoms in total. The van der Waals surface area contributed by atoms with Crippen molar-refractivity contribution in [3.8, 4) is 0 Å². The van der Waals surface area contributed by atoms with E-state index in [0.717, 1.165) is 22.0 Å². The molecule has 5 amide bonds. The number of aliphatic carboxylic acids is 1. The predicted molar refractivity (Wildman–Crippen MR) is 172 cm³/mol. The Balaban J connectivity index is 1.53.